The molecule has 1 aliphatic rings. The van der Waals surface area contributed by atoms with Crippen LogP contribution >= 0.6 is 0 Å². The van der Waals surface area contributed by atoms with Crippen molar-refractivity contribution in [2.45, 2.75) is 45.7 Å². The Hall–Kier alpha value is -4.12. The lowest BCUT2D eigenvalue weighted by Gasteiger charge is -2.22. The molecule has 8 nitrogen and oxygen atoms in total. The van der Waals surface area contributed by atoms with Crippen LogP contribution in [0.15, 0.2) is 45.7 Å². The van der Waals surface area contributed by atoms with Crippen molar-refractivity contribution in [3.05, 3.63) is 64.0 Å². The van der Waals surface area contributed by atoms with Crippen molar-refractivity contribution in [3.8, 4) is 23.3 Å². The molecule has 3 heterocycles. The van der Waals surface area contributed by atoms with E-state index >= 15 is 0 Å². The SMILES string of the molecule is CC#Cc1cccc2cc([C@H](C)Nc3nccc(N)c3-c3nnc(C)o3)n(C3CC3)c(=O)c12. The molecular formula is C25H24N6O2. The van der Waals surface area contributed by atoms with E-state index in [1.807, 2.05) is 29.7 Å². The Morgan fingerprint density at radius 3 is 2.79 bits per heavy atom. The van der Waals surface area contributed by atoms with Crippen LogP contribution in [0.25, 0.3) is 22.2 Å². The fourth-order valence-electron chi connectivity index (χ4n) is 4.17. The Bertz CT molecular complexity index is 1490. The lowest BCUT2D eigenvalue weighted by atomic mass is 10.0. The number of benzene rings is 1. The van der Waals surface area contributed by atoms with Crippen molar-refractivity contribution in [1.29, 1.82) is 0 Å². The Labute approximate surface area is 190 Å². The summed E-state index contributed by atoms with van der Waals surface area (Å²) in [5.41, 5.74) is 8.89. The van der Waals surface area contributed by atoms with Crippen LogP contribution < -0.4 is 16.6 Å². The third-order valence-corrected chi connectivity index (χ3v) is 5.80. The first-order valence-corrected chi connectivity index (χ1v) is 10.9. The summed E-state index contributed by atoms with van der Waals surface area (Å²) in [6, 6.07) is 9.49. The molecule has 0 saturated heterocycles. The predicted molar refractivity (Wildman–Crippen MR) is 128 cm³/mol. The van der Waals surface area contributed by atoms with Crippen LogP contribution in [0, 0.1) is 18.8 Å². The molecule has 3 aromatic heterocycles. The fourth-order valence-corrected chi connectivity index (χ4v) is 4.17. The molecule has 0 radical (unpaired) electrons. The highest BCUT2D eigenvalue weighted by Crippen LogP contribution is 2.38. The molecule has 33 heavy (non-hydrogen) atoms. The molecule has 5 rings (SSSR count). The van der Waals surface area contributed by atoms with Crippen LogP contribution in [-0.2, 0) is 0 Å². The van der Waals surface area contributed by atoms with Crippen molar-refractivity contribution >= 4 is 22.3 Å². The van der Waals surface area contributed by atoms with E-state index in [-0.39, 0.29) is 17.6 Å². The molecule has 0 unspecified atom stereocenters. The Kier molecular flexibility index (Phi) is 5.09. The van der Waals surface area contributed by atoms with Gasteiger partial charge in [0, 0.05) is 36.1 Å². The molecule has 4 aromatic rings. The Morgan fingerprint density at radius 1 is 1.27 bits per heavy atom. The second kappa shape index (κ2) is 8.10. The van der Waals surface area contributed by atoms with E-state index in [0.29, 0.717) is 34.2 Å². The van der Waals surface area contributed by atoms with Gasteiger partial charge < -0.3 is 20.0 Å². The van der Waals surface area contributed by atoms with E-state index < -0.39 is 0 Å². The van der Waals surface area contributed by atoms with E-state index in [9.17, 15) is 4.79 Å². The summed E-state index contributed by atoms with van der Waals surface area (Å²) in [7, 11) is 0. The first kappa shape index (κ1) is 20.8. The number of fused-ring (bicyclic) bond motifs is 1. The van der Waals surface area contributed by atoms with E-state index in [1.54, 1.807) is 26.1 Å². The maximum absolute atomic E-state index is 13.6. The zero-order chi connectivity index (χ0) is 23.1. The molecule has 0 bridgehead atoms. The molecule has 1 aliphatic carbocycles. The van der Waals surface area contributed by atoms with Gasteiger partial charge >= 0.3 is 0 Å². The topological polar surface area (TPSA) is 112 Å². The summed E-state index contributed by atoms with van der Waals surface area (Å²) >= 11 is 0. The van der Waals surface area contributed by atoms with Gasteiger partial charge in [-0.1, -0.05) is 18.1 Å². The van der Waals surface area contributed by atoms with Gasteiger partial charge in [0.25, 0.3) is 11.4 Å². The zero-order valence-corrected chi connectivity index (χ0v) is 18.7. The number of nitrogens with one attached hydrogen (secondary N) is 1. The van der Waals surface area contributed by atoms with Gasteiger partial charge in [0.2, 0.25) is 5.89 Å². The van der Waals surface area contributed by atoms with Crippen LogP contribution in [0.1, 0.15) is 55.9 Å². The molecule has 1 aromatic carbocycles. The molecule has 1 saturated carbocycles. The molecule has 0 aliphatic heterocycles. The van der Waals surface area contributed by atoms with Gasteiger partial charge in [0.15, 0.2) is 0 Å². The summed E-state index contributed by atoms with van der Waals surface area (Å²) in [4.78, 5) is 18.1. The predicted octanol–water partition coefficient (Wildman–Crippen LogP) is 4.22. The third kappa shape index (κ3) is 3.72. The third-order valence-electron chi connectivity index (χ3n) is 5.80. The quantitative estimate of drug-likeness (QED) is 0.447. The highest BCUT2D eigenvalue weighted by Gasteiger charge is 2.30. The first-order chi connectivity index (χ1) is 16.0. The average molecular weight is 441 g/mol. The Morgan fingerprint density at radius 2 is 2.09 bits per heavy atom. The summed E-state index contributed by atoms with van der Waals surface area (Å²) in [6.45, 7) is 5.50. The number of hydrogen-bond acceptors (Lipinski definition) is 7. The zero-order valence-electron chi connectivity index (χ0n) is 18.7. The number of anilines is 2. The summed E-state index contributed by atoms with van der Waals surface area (Å²) in [5.74, 6) is 7.25. The maximum atomic E-state index is 13.6. The highest BCUT2D eigenvalue weighted by atomic mass is 16.4. The fraction of sp³-hybridized carbons (Fsp3) is 0.280. The van der Waals surface area contributed by atoms with Gasteiger partial charge in [-0.05, 0) is 50.3 Å². The van der Waals surface area contributed by atoms with E-state index in [0.717, 1.165) is 29.5 Å². The number of nitrogens with two attached hydrogens (primary N) is 1. The molecule has 0 amide bonds. The number of aromatic nitrogens is 4. The monoisotopic (exact) mass is 440 g/mol. The number of pyridine rings is 2. The van der Waals surface area contributed by atoms with Gasteiger partial charge in [-0.15, -0.1) is 16.1 Å². The van der Waals surface area contributed by atoms with Gasteiger partial charge in [-0.3, -0.25) is 4.79 Å². The van der Waals surface area contributed by atoms with Gasteiger partial charge in [-0.25, -0.2) is 4.98 Å². The molecule has 166 valence electrons. The minimum atomic E-state index is -0.235. The summed E-state index contributed by atoms with van der Waals surface area (Å²) < 4.78 is 7.52. The van der Waals surface area contributed by atoms with Gasteiger partial charge in [0.05, 0.1) is 11.4 Å². The Balaban J connectivity index is 1.63. The van der Waals surface area contributed by atoms with Crippen molar-refractivity contribution in [2.75, 3.05) is 11.1 Å². The lowest BCUT2D eigenvalue weighted by molar-refractivity contribution is 0.533. The minimum absolute atomic E-state index is 0.00900. The second-order valence-corrected chi connectivity index (χ2v) is 8.24. The number of hydrogen-bond donors (Lipinski definition) is 2. The largest absolute Gasteiger partial charge is 0.421 e. The summed E-state index contributed by atoms with van der Waals surface area (Å²) in [6.07, 6.45) is 3.59. The first-order valence-electron chi connectivity index (χ1n) is 10.9. The minimum Gasteiger partial charge on any atom is -0.421 e. The van der Waals surface area contributed by atoms with Crippen molar-refractivity contribution in [1.82, 2.24) is 19.7 Å². The molecule has 1 atom stereocenters. The van der Waals surface area contributed by atoms with E-state index in [4.69, 9.17) is 10.2 Å². The number of rotatable bonds is 5. The number of nitrogen functional groups attached to an aromatic ring is 1. The number of aryl methyl sites for hydroxylation is 1. The van der Waals surface area contributed by atoms with E-state index in [1.165, 1.54) is 0 Å². The molecule has 0 spiro atoms. The van der Waals surface area contributed by atoms with Crippen molar-refractivity contribution in [2.24, 2.45) is 0 Å². The van der Waals surface area contributed by atoms with Crippen molar-refractivity contribution in [3.63, 3.8) is 0 Å². The van der Waals surface area contributed by atoms with Crippen LogP contribution in [0.5, 0.6) is 0 Å². The molecular weight excluding hydrogens is 416 g/mol. The maximum Gasteiger partial charge on any atom is 0.260 e. The van der Waals surface area contributed by atoms with Crippen LogP contribution in [-0.4, -0.2) is 19.7 Å². The smallest absolute Gasteiger partial charge is 0.260 e. The van der Waals surface area contributed by atoms with Gasteiger partial charge in [-0.2, -0.15) is 0 Å². The molecule has 1 fully saturated rings. The summed E-state index contributed by atoms with van der Waals surface area (Å²) in [5, 5.41) is 13.0. The van der Waals surface area contributed by atoms with Crippen LogP contribution in [0.2, 0.25) is 0 Å². The second-order valence-electron chi connectivity index (χ2n) is 8.24. The molecule has 3 N–H and O–H groups in total. The highest BCUT2D eigenvalue weighted by molar-refractivity contribution is 5.88. The van der Waals surface area contributed by atoms with E-state index in [2.05, 4.69) is 38.4 Å². The van der Waals surface area contributed by atoms with Crippen molar-refractivity contribution < 1.29 is 4.42 Å². The molecule has 8 heteroatoms. The van der Waals surface area contributed by atoms with Gasteiger partial charge in [0.1, 0.15) is 11.4 Å². The normalized spacial score (nSPS) is 14.0. The lowest BCUT2D eigenvalue weighted by Crippen LogP contribution is -2.27. The standard InChI is InChI=1S/C25H24N6O2/c1-4-6-16-7-5-8-17-13-20(31(18-9-10-18)25(32)21(16)17)14(2)28-23-22(19(26)11-12-27-23)24-30-29-15(3)33-24/h5,7-8,11-14,18H,9-10H2,1-3H3,(H3,26,27,28)/t14-/m0/s1. The van der Waals surface area contributed by atoms with Crippen LogP contribution in [0.3, 0.4) is 0 Å². The number of nitrogens with zero attached hydrogens (tertiary/aromatic N) is 4. The average Bonchev–Trinajstić information content (AvgIpc) is 3.54. The van der Waals surface area contributed by atoms with Crippen LogP contribution in [0.4, 0.5) is 11.5 Å².